The molecule has 0 heterocycles. The van der Waals surface area contributed by atoms with Crippen LogP contribution in [0.25, 0.3) is 0 Å². The normalized spacial score (nSPS) is 9.67. The van der Waals surface area contributed by atoms with E-state index in [-0.39, 0.29) is 0 Å². The first-order valence-electron chi connectivity index (χ1n) is 2.22. The lowest BCUT2D eigenvalue weighted by Crippen LogP contribution is -1.67. The van der Waals surface area contributed by atoms with Crippen LogP contribution in [0.3, 0.4) is 0 Å². The number of benzene rings is 1. The van der Waals surface area contributed by atoms with Gasteiger partial charge in [0.05, 0.1) is 10.0 Å². The number of halogens is 3. The zero-order valence-electron chi connectivity index (χ0n) is 4.29. The summed E-state index contributed by atoms with van der Waals surface area (Å²) < 4.78 is 0.817. The van der Waals surface area contributed by atoms with Crippen LogP contribution in [-0.4, -0.2) is 0 Å². The third-order valence-electron chi connectivity index (χ3n) is 0.818. The molecule has 0 nitrogen and oxygen atoms in total. The largest absolute Gasteiger partial charge is 0.0827 e. The zero-order chi connectivity index (χ0) is 6.85. The van der Waals surface area contributed by atoms with Crippen LogP contribution in [0.2, 0.25) is 10.0 Å². The molecule has 1 aromatic carbocycles. The van der Waals surface area contributed by atoms with Gasteiger partial charge in [0.2, 0.25) is 0 Å². The van der Waals surface area contributed by atoms with E-state index in [2.05, 4.69) is 22.0 Å². The summed E-state index contributed by atoms with van der Waals surface area (Å²) in [7, 11) is 0. The maximum absolute atomic E-state index is 5.63. The third-order valence-corrected chi connectivity index (χ3v) is 2.00. The molecule has 0 fully saturated rings. The van der Waals surface area contributed by atoms with Gasteiger partial charge < -0.3 is 0 Å². The fourth-order valence-corrected chi connectivity index (χ4v) is 1.17. The van der Waals surface area contributed by atoms with Gasteiger partial charge in [0.15, 0.2) is 0 Å². The minimum absolute atomic E-state index is 0.528. The van der Waals surface area contributed by atoms with Gasteiger partial charge in [0.1, 0.15) is 0 Å². The Labute approximate surface area is 71.9 Å². The van der Waals surface area contributed by atoms with Crippen molar-refractivity contribution in [3.63, 3.8) is 0 Å². The average Bonchev–Trinajstić information content (AvgIpc) is 1.80. The zero-order valence-corrected chi connectivity index (χ0v) is 7.39. The van der Waals surface area contributed by atoms with Crippen molar-refractivity contribution < 1.29 is 0 Å². The average molecular weight is 225 g/mol. The van der Waals surface area contributed by atoms with E-state index in [1.54, 1.807) is 12.1 Å². The highest BCUT2D eigenvalue weighted by atomic mass is 79.9. The van der Waals surface area contributed by atoms with E-state index < -0.39 is 0 Å². The minimum Gasteiger partial charge on any atom is -0.0827 e. The van der Waals surface area contributed by atoms with Crippen LogP contribution in [0.5, 0.6) is 0 Å². The van der Waals surface area contributed by atoms with Crippen molar-refractivity contribution in [2.75, 3.05) is 0 Å². The maximum Gasteiger partial charge on any atom is 0.0603 e. The Bertz CT molecular complexity index is 222. The van der Waals surface area contributed by atoms with Gasteiger partial charge in [-0.15, -0.1) is 0 Å². The van der Waals surface area contributed by atoms with Crippen molar-refractivity contribution in [2.24, 2.45) is 0 Å². The second-order valence-electron chi connectivity index (χ2n) is 1.48. The van der Waals surface area contributed by atoms with Crippen LogP contribution < -0.4 is 0 Å². The van der Waals surface area contributed by atoms with E-state index in [1.165, 1.54) is 0 Å². The molecule has 0 aliphatic carbocycles. The summed E-state index contributed by atoms with van der Waals surface area (Å²) in [5.74, 6) is 0. The first-order chi connectivity index (χ1) is 4.20. The molecular weight excluding hydrogens is 223 g/mol. The van der Waals surface area contributed by atoms with Gasteiger partial charge in [-0.3, -0.25) is 0 Å². The van der Waals surface area contributed by atoms with Crippen LogP contribution in [0.15, 0.2) is 16.6 Å². The lowest BCUT2D eigenvalue weighted by atomic mass is 10.4. The first kappa shape index (κ1) is 7.39. The highest BCUT2D eigenvalue weighted by Gasteiger charge is 1.95. The maximum atomic E-state index is 5.63. The Kier molecular flexibility index (Phi) is 2.39. The molecule has 0 saturated heterocycles. The molecule has 0 saturated carbocycles. The van der Waals surface area contributed by atoms with Gasteiger partial charge in [0, 0.05) is 4.47 Å². The van der Waals surface area contributed by atoms with Crippen molar-refractivity contribution >= 4 is 39.1 Å². The van der Waals surface area contributed by atoms with Crippen molar-refractivity contribution in [3.05, 3.63) is 32.7 Å². The molecule has 47 valence electrons. The summed E-state index contributed by atoms with van der Waals surface area (Å²) in [5, 5.41) is 1.07. The topological polar surface area (TPSA) is 0 Å². The standard InChI is InChI=1S/C6H2BrCl2/c7-4-1-2-5(8)6(9)3-4/h2-3H. The minimum atomic E-state index is 0.528. The van der Waals surface area contributed by atoms with Crippen LogP contribution in [0, 0.1) is 6.07 Å². The predicted molar refractivity (Wildman–Crippen MR) is 43.0 cm³/mol. The van der Waals surface area contributed by atoms with Gasteiger partial charge in [-0.1, -0.05) is 39.1 Å². The molecule has 0 amide bonds. The third kappa shape index (κ3) is 1.85. The summed E-state index contributed by atoms with van der Waals surface area (Å²) in [6.07, 6.45) is 0. The Morgan fingerprint density at radius 2 is 2.00 bits per heavy atom. The Hall–Kier alpha value is 0.280. The molecule has 1 radical (unpaired) electrons. The van der Waals surface area contributed by atoms with Crippen LogP contribution in [-0.2, 0) is 0 Å². The quantitative estimate of drug-likeness (QED) is 0.592. The Balaban J connectivity index is 3.17. The second kappa shape index (κ2) is 2.91. The smallest absolute Gasteiger partial charge is 0.0603 e. The van der Waals surface area contributed by atoms with Crippen molar-refractivity contribution in [1.82, 2.24) is 0 Å². The van der Waals surface area contributed by atoms with Crippen molar-refractivity contribution in [2.45, 2.75) is 0 Å². The molecule has 3 heteroatoms. The first-order valence-corrected chi connectivity index (χ1v) is 3.77. The molecule has 1 aromatic rings. The molecule has 0 aromatic heterocycles. The highest BCUT2D eigenvalue weighted by Crippen LogP contribution is 2.24. The van der Waals surface area contributed by atoms with Gasteiger partial charge in [-0.25, -0.2) is 0 Å². The van der Waals surface area contributed by atoms with E-state index in [0.717, 1.165) is 4.47 Å². The highest BCUT2D eigenvalue weighted by molar-refractivity contribution is 9.10. The van der Waals surface area contributed by atoms with E-state index in [1.807, 2.05) is 0 Å². The summed E-state index contributed by atoms with van der Waals surface area (Å²) in [6, 6.07) is 6.16. The Morgan fingerprint density at radius 3 is 2.44 bits per heavy atom. The van der Waals surface area contributed by atoms with E-state index in [4.69, 9.17) is 23.2 Å². The van der Waals surface area contributed by atoms with Gasteiger partial charge in [-0.2, -0.15) is 0 Å². The Morgan fingerprint density at radius 1 is 1.33 bits per heavy atom. The molecule has 0 aliphatic rings. The SMILES string of the molecule is Clc1c[c]c(Br)cc1Cl. The van der Waals surface area contributed by atoms with Crippen LogP contribution in [0.4, 0.5) is 0 Å². The lowest BCUT2D eigenvalue weighted by molar-refractivity contribution is 1.63. The van der Waals surface area contributed by atoms with E-state index in [9.17, 15) is 0 Å². The molecule has 0 spiro atoms. The van der Waals surface area contributed by atoms with Crippen molar-refractivity contribution in [3.8, 4) is 0 Å². The van der Waals surface area contributed by atoms with Gasteiger partial charge in [0.25, 0.3) is 0 Å². The number of hydrogen-bond acceptors (Lipinski definition) is 0. The summed E-state index contributed by atoms with van der Waals surface area (Å²) in [5.41, 5.74) is 0. The van der Waals surface area contributed by atoms with E-state index >= 15 is 0 Å². The molecule has 0 N–H and O–H groups in total. The molecule has 0 unspecified atom stereocenters. The summed E-state index contributed by atoms with van der Waals surface area (Å²) in [6.45, 7) is 0. The predicted octanol–water partition coefficient (Wildman–Crippen LogP) is 3.56. The monoisotopic (exact) mass is 223 g/mol. The molecule has 0 aliphatic heterocycles. The summed E-state index contributed by atoms with van der Waals surface area (Å²) in [4.78, 5) is 0. The number of rotatable bonds is 0. The molecule has 9 heavy (non-hydrogen) atoms. The fourth-order valence-electron chi connectivity index (χ4n) is 0.423. The van der Waals surface area contributed by atoms with Gasteiger partial charge >= 0.3 is 0 Å². The van der Waals surface area contributed by atoms with Crippen LogP contribution >= 0.6 is 39.1 Å². The molecule has 1 rings (SSSR count). The molecule has 0 atom stereocenters. The lowest BCUT2D eigenvalue weighted by Gasteiger charge is -1.92. The van der Waals surface area contributed by atoms with Gasteiger partial charge in [-0.05, 0) is 18.2 Å². The van der Waals surface area contributed by atoms with Crippen LogP contribution in [0.1, 0.15) is 0 Å². The summed E-state index contributed by atoms with van der Waals surface area (Å²) >= 11 is 14.4. The second-order valence-corrected chi connectivity index (χ2v) is 3.15. The van der Waals surface area contributed by atoms with E-state index in [0.29, 0.717) is 10.0 Å². The fraction of sp³-hybridized carbons (Fsp3) is 0. The van der Waals surface area contributed by atoms with Crippen molar-refractivity contribution in [1.29, 1.82) is 0 Å². The molecular formula is C6H2BrCl2. The number of hydrogen-bond donors (Lipinski definition) is 0. The molecule has 0 bridgehead atoms.